The normalized spacial score (nSPS) is 11.1. The lowest BCUT2D eigenvalue weighted by molar-refractivity contribution is -0.124. The monoisotopic (exact) mass is 169 g/mol. The van der Waals surface area contributed by atoms with E-state index in [1.54, 1.807) is 13.0 Å². The summed E-state index contributed by atoms with van der Waals surface area (Å²) < 4.78 is 1.85. The van der Waals surface area contributed by atoms with Crippen molar-refractivity contribution in [1.29, 1.82) is 0 Å². The van der Waals surface area contributed by atoms with Crippen molar-refractivity contribution >= 4 is 15.6 Å². The van der Waals surface area contributed by atoms with Gasteiger partial charge in [-0.05, 0) is 6.92 Å². The van der Waals surface area contributed by atoms with Crippen molar-refractivity contribution in [1.82, 2.24) is 4.57 Å². The number of allylic oxidation sites excluding steroid dienone is 1. The zero-order valence-electron chi connectivity index (χ0n) is 7.21. The van der Waals surface area contributed by atoms with Crippen molar-refractivity contribution in [3.05, 3.63) is 24.4 Å². The van der Waals surface area contributed by atoms with E-state index >= 15 is 0 Å². The molecule has 0 aliphatic rings. The van der Waals surface area contributed by atoms with E-state index in [2.05, 4.69) is 12.3 Å². The molecule has 0 spiro atoms. The van der Waals surface area contributed by atoms with Crippen LogP contribution in [0.5, 0.6) is 0 Å². The minimum atomic E-state index is -0.501. The Hall–Kier alpha value is -0.833. The first-order valence-electron chi connectivity index (χ1n) is 3.70. The fraction of sp³-hybridized carbons (Fsp3) is 0.375. The first-order chi connectivity index (χ1) is 5.22. The van der Waals surface area contributed by atoms with Gasteiger partial charge in [0.15, 0.2) is 9.68 Å². The zero-order valence-corrected chi connectivity index (χ0v) is 8.62. The highest BCUT2D eigenvalue weighted by molar-refractivity contribution is 6.42. The Morgan fingerprint density at radius 1 is 1.73 bits per heavy atom. The number of hydrogen-bond donors (Lipinski definition) is 0. The predicted octanol–water partition coefficient (Wildman–Crippen LogP) is 0.638. The van der Waals surface area contributed by atoms with Crippen LogP contribution in [0, 0.1) is 0 Å². The highest BCUT2D eigenvalue weighted by atomic mass is 28.2. The SMILES string of the molecule is C=CCN([SiH2]C=CC)C(C)=O. The minimum Gasteiger partial charge on any atom is -0.368 e. The predicted molar refractivity (Wildman–Crippen MR) is 50.9 cm³/mol. The van der Waals surface area contributed by atoms with Crippen LogP contribution in [0.4, 0.5) is 0 Å². The molecule has 3 heteroatoms. The van der Waals surface area contributed by atoms with Crippen molar-refractivity contribution in [2.45, 2.75) is 13.8 Å². The molecule has 0 fully saturated rings. The van der Waals surface area contributed by atoms with Gasteiger partial charge in [-0.3, -0.25) is 4.79 Å². The Balaban J connectivity index is 3.88. The average molecular weight is 169 g/mol. The van der Waals surface area contributed by atoms with Crippen LogP contribution in [0.2, 0.25) is 0 Å². The van der Waals surface area contributed by atoms with E-state index in [9.17, 15) is 4.79 Å². The Morgan fingerprint density at radius 2 is 2.36 bits per heavy atom. The molecule has 0 saturated heterocycles. The molecule has 0 atom stereocenters. The molecule has 0 aromatic carbocycles. The van der Waals surface area contributed by atoms with Crippen molar-refractivity contribution in [3.8, 4) is 0 Å². The van der Waals surface area contributed by atoms with Crippen LogP contribution in [-0.4, -0.2) is 26.7 Å². The van der Waals surface area contributed by atoms with Gasteiger partial charge in [0.2, 0.25) is 5.91 Å². The van der Waals surface area contributed by atoms with E-state index in [0.717, 1.165) is 0 Å². The molecule has 0 aromatic rings. The number of carbonyl (C=O) groups excluding carboxylic acids is 1. The van der Waals surface area contributed by atoms with Gasteiger partial charge in [0.1, 0.15) is 0 Å². The summed E-state index contributed by atoms with van der Waals surface area (Å²) in [6.07, 6.45) is 3.75. The average Bonchev–Trinajstić information content (AvgIpc) is 1.97. The second kappa shape index (κ2) is 5.92. The maximum Gasteiger partial charge on any atom is 0.211 e. The van der Waals surface area contributed by atoms with Crippen LogP contribution in [0.25, 0.3) is 0 Å². The molecular formula is C8H15NOSi. The van der Waals surface area contributed by atoms with Crippen molar-refractivity contribution < 1.29 is 4.79 Å². The van der Waals surface area contributed by atoms with Gasteiger partial charge in [0, 0.05) is 13.5 Å². The zero-order chi connectivity index (χ0) is 8.69. The molecule has 0 heterocycles. The fourth-order valence-electron chi connectivity index (χ4n) is 0.720. The highest BCUT2D eigenvalue weighted by Gasteiger charge is 2.02. The lowest BCUT2D eigenvalue weighted by Crippen LogP contribution is -2.31. The van der Waals surface area contributed by atoms with E-state index in [1.807, 2.05) is 17.6 Å². The number of nitrogens with zero attached hydrogens (tertiary/aromatic N) is 1. The Morgan fingerprint density at radius 3 is 2.73 bits per heavy atom. The first-order valence-corrected chi connectivity index (χ1v) is 5.14. The third kappa shape index (κ3) is 4.56. The Labute approximate surface area is 70.5 Å². The first kappa shape index (κ1) is 10.2. The molecule has 2 nitrogen and oxygen atoms in total. The van der Waals surface area contributed by atoms with Gasteiger partial charge in [-0.1, -0.05) is 17.9 Å². The summed E-state index contributed by atoms with van der Waals surface area (Å²) in [5, 5.41) is 0. The molecule has 0 aliphatic carbocycles. The largest absolute Gasteiger partial charge is 0.368 e. The topological polar surface area (TPSA) is 20.3 Å². The molecule has 1 amide bonds. The summed E-state index contributed by atoms with van der Waals surface area (Å²) in [5.41, 5.74) is 2.09. The maximum atomic E-state index is 10.9. The van der Waals surface area contributed by atoms with E-state index in [4.69, 9.17) is 0 Å². The highest BCUT2D eigenvalue weighted by Crippen LogP contribution is 1.87. The van der Waals surface area contributed by atoms with Gasteiger partial charge in [-0.2, -0.15) is 0 Å². The number of amides is 1. The second-order valence-corrected chi connectivity index (χ2v) is 3.88. The summed E-state index contributed by atoms with van der Waals surface area (Å²) in [5.74, 6) is 0.148. The molecule has 0 aromatic heterocycles. The van der Waals surface area contributed by atoms with Crippen LogP contribution in [-0.2, 0) is 4.79 Å². The maximum absolute atomic E-state index is 10.9. The molecule has 0 unspecified atom stereocenters. The van der Waals surface area contributed by atoms with E-state index < -0.39 is 9.68 Å². The molecule has 11 heavy (non-hydrogen) atoms. The summed E-state index contributed by atoms with van der Waals surface area (Å²) >= 11 is 0. The summed E-state index contributed by atoms with van der Waals surface area (Å²) in [7, 11) is -0.501. The standard InChI is InChI=1S/C8H15NOSi/c1-4-6-9(8(3)10)11-7-5-2/h4-5,7H,1,6,11H2,2-3H3. The molecular weight excluding hydrogens is 154 g/mol. The van der Waals surface area contributed by atoms with E-state index in [0.29, 0.717) is 6.54 Å². The van der Waals surface area contributed by atoms with Gasteiger partial charge in [-0.25, -0.2) is 0 Å². The molecule has 62 valence electrons. The van der Waals surface area contributed by atoms with E-state index in [1.165, 1.54) is 0 Å². The lowest BCUT2D eigenvalue weighted by Gasteiger charge is -2.16. The lowest BCUT2D eigenvalue weighted by atomic mass is 10.6. The third-order valence-corrected chi connectivity index (χ3v) is 3.18. The van der Waals surface area contributed by atoms with Crippen LogP contribution in [0.15, 0.2) is 24.4 Å². The van der Waals surface area contributed by atoms with Gasteiger partial charge in [-0.15, -0.1) is 6.58 Å². The molecule has 0 radical (unpaired) electrons. The Bertz CT molecular complexity index is 165. The third-order valence-electron chi connectivity index (χ3n) is 1.36. The van der Waals surface area contributed by atoms with Gasteiger partial charge < -0.3 is 4.57 Å². The van der Waals surface area contributed by atoms with Crippen molar-refractivity contribution in [2.75, 3.05) is 6.54 Å². The molecule has 0 saturated carbocycles. The second-order valence-electron chi connectivity index (χ2n) is 2.28. The van der Waals surface area contributed by atoms with E-state index in [-0.39, 0.29) is 5.91 Å². The van der Waals surface area contributed by atoms with Crippen molar-refractivity contribution in [2.24, 2.45) is 0 Å². The summed E-state index contributed by atoms with van der Waals surface area (Å²) in [6, 6.07) is 0. The van der Waals surface area contributed by atoms with Crippen LogP contribution >= 0.6 is 0 Å². The molecule has 0 bridgehead atoms. The number of hydrogen-bond acceptors (Lipinski definition) is 1. The number of carbonyl (C=O) groups is 1. The molecule has 0 N–H and O–H groups in total. The smallest absolute Gasteiger partial charge is 0.211 e. The van der Waals surface area contributed by atoms with Gasteiger partial charge in [0.25, 0.3) is 0 Å². The minimum absolute atomic E-state index is 0.148. The van der Waals surface area contributed by atoms with Crippen LogP contribution in [0.3, 0.4) is 0 Å². The summed E-state index contributed by atoms with van der Waals surface area (Å²) in [6.45, 7) is 7.85. The van der Waals surface area contributed by atoms with Gasteiger partial charge >= 0.3 is 0 Å². The summed E-state index contributed by atoms with van der Waals surface area (Å²) in [4.78, 5) is 10.9. The van der Waals surface area contributed by atoms with Crippen LogP contribution < -0.4 is 0 Å². The van der Waals surface area contributed by atoms with Gasteiger partial charge in [0.05, 0.1) is 0 Å². The Kier molecular flexibility index (Phi) is 5.47. The molecule has 0 aliphatic heterocycles. The molecule has 0 rings (SSSR count). The quantitative estimate of drug-likeness (QED) is 0.447. The number of rotatable bonds is 4. The van der Waals surface area contributed by atoms with Crippen molar-refractivity contribution in [3.63, 3.8) is 0 Å². The fourth-order valence-corrected chi connectivity index (χ4v) is 1.77. The van der Waals surface area contributed by atoms with Crippen LogP contribution in [0.1, 0.15) is 13.8 Å².